The molecule has 2 aromatic rings. The van der Waals surface area contributed by atoms with Crippen molar-refractivity contribution >= 4 is 17.1 Å². The van der Waals surface area contributed by atoms with Crippen LogP contribution in [0.2, 0.25) is 0 Å². The molecule has 0 unspecified atom stereocenters. The molecule has 0 radical (unpaired) electrons. The van der Waals surface area contributed by atoms with E-state index in [0.717, 1.165) is 22.6 Å². The Hall–Kier alpha value is -1.61. The van der Waals surface area contributed by atoms with Crippen molar-refractivity contribution in [1.29, 1.82) is 0 Å². The summed E-state index contributed by atoms with van der Waals surface area (Å²) in [5, 5.41) is 2.05. The Bertz CT molecular complexity index is 660. The fourth-order valence-electron chi connectivity index (χ4n) is 2.85. The summed E-state index contributed by atoms with van der Waals surface area (Å²) in [5.74, 6) is 1.20. The largest absolute Gasteiger partial charge is 0.481 e. The van der Waals surface area contributed by atoms with Gasteiger partial charge in [0.15, 0.2) is 5.60 Å². The molecule has 1 fully saturated rings. The van der Waals surface area contributed by atoms with Crippen LogP contribution in [0, 0.1) is 19.8 Å². The van der Waals surface area contributed by atoms with Gasteiger partial charge in [-0.25, -0.2) is 0 Å². The predicted molar refractivity (Wildman–Crippen MR) is 85.9 cm³/mol. The van der Waals surface area contributed by atoms with Crippen molar-refractivity contribution in [1.82, 2.24) is 0 Å². The van der Waals surface area contributed by atoms with Crippen molar-refractivity contribution < 1.29 is 9.53 Å². The van der Waals surface area contributed by atoms with Crippen molar-refractivity contribution in [2.24, 2.45) is 5.92 Å². The van der Waals surface area contributed by atoms with Crippen LogP contribution >= 0.6 is 11.3 Å². The Balaban J connectivity index is 1.96. The van der Waals surface area contributed by atoms with Gasteiger partial charge in [-0.05, 0) is 42.5 Å². The van der Waals surface area contributed by atoms with E-state index >= 15 is 0 Å². The summed E-state index contributed by atoms with van der Waals surface area (Å²) >= 11 is 1.68. The highest BCUT2D eigenvalue weighted by Crippen LogP contribution is 2.57. The molecule has 1 aliphatic rings. The lowest BCUT2D eigenvalue weighted by atomic mass is 10.1. The minimum atomic E-state index is -0.431. The van der Waals surface area contributed by atoms with E-state index in [4.69, 9.17) is 4.74 Å². The van der Waals surface area contributed by atoms with Crippen LogP contribution in [0.25, 0.3) is 0 Å². The number of Topliss-reactive ketones (excluding diaryl/α,β-unsaturated/α-hetero) is 1. The second kappa shape index (κ2) is 5.30. The van der Waals surface area contributed by atoms with Gasteiger partial charge >= 0.3 is 0 Å². The Kier molecular flexibility index (Phi) is 3.62. The van der Waals surface area contributed by atoms with Crippen LogP contribution < -0.4 is 4.74 Å². The molecule has 0 amide bonds. The maximum atomic E-state index is 12.2. The maximum Gasteiger partial charge on any atom is 0.154 e. The third-order valence-electron chi connectivity index (χ3n) is 4.43. The summed E-state index contributed by atoms with van der Waals surface area (Å²) in [5.41, 5.74) is 1.94. The third kappa shape index (κ3) is 2.40. The van der Waals surface area contributed by atoms with Crippen LogP contribution in [0.5, 0.6) is 5.75 Å². The summed E-state index contributed by atoms with van der Waals surface area (Å²) in [6, 6.07) is 10.2. The Morgan fingerprint density at radius 2 is 2.14 bits per heavy atom. The molecule has 1 aromatic heterocycles. The second-order valence-electron chi connectivity index (χ2n) is 5.74. The van der Waals surface area contributed by atoms with Crippen LogP contribution in [0.3, 0.4) is 0 Å². The number of ether oxygens (including phenoxy) is 1. The molecule has 1 saturated carbocycles. The average Bonchev–Trinajstić information content (AvgIpc) is 2.95. The molecule has 0 spiro atoms. The van der Waals surface area contributed by atoms with E-state index in [0.29, 0.717) is 12.2 Å². The number of thiophene rings is 1. The number of hydrogen-bond donors (Lipinski definition) is 0. The summed E-state index contributed by atoms with van der Waals surface area (Å²) in [6.45, 7) is 6.09. The highest BCUT2D eigenvalue weighted by Gasteiger charge is 2.62. The monoisotopic (exact) mass is 300 g/mol. The maximum absolute atomic E-state index is 12.2. The van der Waals surface area contributed by atoms with E-state index in [-0.39, 0.29) is 5.92 Å². The minimum Gasteiger partial charge on any atom is -0.481 e. The van der Waals surface area contributed by atoms with Gasteiger partial charge in [0.2, 0.25) is 0 Å². The van der Waals surface area contributed by atoms with Crippen molar-refractivity contribution in [3.05, 3.63) is 51.7 Å². The molecule has 0 aliphatic heterocycles. The molecule has 0 N–H and O–H groups in total. The Morgan fingerprint density at radius 1 is 1.33 bits per heavy atom. The molecule has 3 heteroatoms. The van der Waals surface area contributed by atoms with Crippen LogP contribution in [0.4, 0.5) is 0 Å². The third-order valence-corrected chi connectivity index (χ3v) is 5.46. The molecule has 1 aromatic carbocycles. The van der Waals surface area contributed by atoms with Crippen molar-refractivity contribution in [2.45, 2.75) is 39.2 Å². The van der Waals surface area contributed by atoms with Gasteiger partial charge in [0, 0.05) is 17.7 Å². The number of carbonyl (C=O) groups is 1. The zero-order chi connectivity index (χ0) is 15.0. The SMILES string of the molecule is CCC(=O)[C@H]1C[C@]1(Oc1cccc(C)c1C)c1cccs1. The van der Waals surface area contributed by atoms with Gasteiger partial charge in [-0.1, -0.05) is 25.1 Å². The molecule has 21 heavy (non-hydrogen) atoms. The van der Waals surface area contributed by atoms with Gasteiger partial charge in [-0.3, -0.25) is 4.79 Å². The first kappa shape index (κ1) is 14.3. The summed E-state index contributed by atoms with van der Waals surface area (Å²) in [7, 11) is 0. The molecular weight excluding hydrogens is 280 g/mol. The number of benzene rings is 1. The first-order valence-electron chi connectivity index (χ1n) is 7.40. The lowest BCUT2D eigenvalue weighted by molar-refractivity contribution is -0.121. The lowest BCUT2D eigenvalue weighted by Gasteiger charge is -2.21. The smallest absolute Gasteiger partial charge is 0.154 e. The van der Waals surface area contributed by atoms with E-state index in [2.05, 4.69) is 31.4 Å². The molecule has 1 aliphatic carbocycles. The zero-order valence-corrected chi connectivity index (χ0v) is 13.5. The van der Waals surface area contributed by atoms with E-state index in [1.165, 1.54) is 5.56 Å². The molecule has 2 atom stereocenters. The highest BCUT2D eigenvalue weighted by molar-refractivity contribution is 7.10. The first-order valence-corrected chi connectivity index (χ1v) is 8.28. The normalized spacial score (nSPS) is 23.9. The Morgan fingerprint density at radius 3 is 2.81 bits per heavy atom. The summed E-state index contributed by atoms with van der Waals surface area (Å²) in [4.78, 5) is 13.3. The van der Waals surface area contributed by atoms with Crippen LogP contribution in [-0.4, -0.2) is 5.78 Å². The van der Waals surface area contributed by atoms with Gasteiger partial charge in [0.1, 0.15) is 11.5 Å². The molecule has 110 valence electrons. The van der Waals surface area contributed by atoms with Crippen molar-refractivity contribution in [2.75, 3.05) is 0 Å². The molecule has 0 bridgehead atoms. The average molecular weight is 300 g/mol. The van der Waals surface area contributed by atoms with Crippen LogP contribution in [-0.2, 0) is 10.4 Å². The minimum absolute atomic E-state index is 0.000984. The number of hydrogen-bond acceptors (Lipinski definition) is 3. The fraction of sp³-hybridized carbons (Fsp3) is 0.389. The topological polar surface area (TPSA) is 26.3 Å². The van der Waals surface area contributed by atoms with E-state index in [1.807, 2.05) is 25.1 Å². The predicted octanol–water partition coefficient (Wildman–Crippen LogP) is 4.64. The molecule has 1 heterocycles. The molecule has 3 rings (SSSR count). The van der Waals surface area contributed by atoms with E-state index < -0.39 is 5.60 Å². The highest BCUT2D eigenvalue weighted by atomic mass is 32.1. The standard InChI is InChI=1S/C18H20O2S/c1-4-15(19)14-11-18(14,17-9-6-10-21-17)20-16-8-5-7-12(2)13(16)3/h5-10,14H,4,11H2,1-3H3/t14-,18-/m1/s1. The molecule has 2 nitrogen and oxygen atoms in total. The number of aryl methyl sites for hydroxylation is 1. The van der Waals surface area contributed by atoms with Gasteiger partial charge in [-0.15, -0.1) is 11.3 Å². The Labute approximate surface area is 129 Å². The summed E-state index contributed by atoms with van der Waals surface area (Å²) < 4.78 is 6.39. The van der Waals surface area contributed by atoms with E-state index in [1.54, 1.807) is 11.3 Å². The second-order valence-corrected chi connectivity index (χ2v) is 6.69. The quantitative estimate of drug-likeness (QED) is 0.804. The zero-order valence-electron chi connectivity index (χ0n) is 12.7. The van der Waals surface area contributed by atoms with Gasteiger partial charge in [0.25, 0.3) is 0 Å². The fourth-order valence-corrected chi connectivity index (χ4v) is 3.78. The van der Waals surface area contributed by atoms with E-state index in [9.17, 15) is 4.79 Å². The van der Waals surface area contributed by atoms with Gasteiger partial charge in [0.05, 0.1) is 5.92 Å². The summed E-state index contributed by atoms with van der Waals surface area (Å²) in [6.07, 6.45) is 1.38. The van der Waals surface area contributed by atoms with Crippen molar-refractivity contribution in [3.63, 3.8) is 0 Å². The number of carbonyl (C=O) groups excluding carboxylic acids is 1. The van der Waals surface area contributed by atoms with Crippen molar-refractivity contribution in [3.8, 4) is 5.75 Å². The number of ketones is 1. The first-order chi connectivity index (χ1) is 10.1. The van der Waals surface area contributed by atoms with Gasteiger partial charge < -0.3 is 4.74 Å². The van der Waals surface area contributed by atoms with Gasteiger partial charge in [-0.2, -0.15) is 0 Å². The molecular formula is C18H20O2S. The van der Waals surface area contributed by atoms with Crippen LogP contribution in [0.15, 0.2) is 35.7 Å². The number of rotatable bonds is 5. The molecule has 0 saturated heterocycles. The lowest BCUT2D eigenvalue weighted by Crippen LogP contribution is -2.21. The van der Waals surface area contributed by atoms with Crippen LogP contribution in [0.1, 0.15) is 35.8 Å².